The monoisotopic (exact) mass is 201 g/mol. The number of nitrogens with zero attached hydrogens (tertiary/aromatic N) is 5. The lowest BCUT2D eigenvalue weighted by molar-refractivity contribution is 0.586. The van der Waals surface area contributed by atoms with Crippen molar-refractivity contribution in [2.45, 2.75) is 13.0 Å². The van der Waals surface area contributed by atoms with Crippen LogP contribution in [-0.4, -0.2) is 19.6 Å². The highest BCUT2D eigenvalue weighted by Gasteiger charge is 2.00. The molecule has 0 spiro atoms. The Balaban J connectivity index is 2.00. The Kier molecular flexibility index (Phi) is 2.50. The van der Waals surface area contributed by atoms with Crippen molar-refractivity contribution in [1.82, 2.24) is 19.6 Å². The van der Waals surface area contributed by atoms with Gasteiger partial charge in [-0.1, -0.05) is 0 Å². The minimum absolute atomic E-state index is 0.597. The van der Waals surface area contributed by atoms with Gasteiger partial charge >= 0.3 is 0 Å². The zero-order valence-corrected chi connectivity index (χ0v) is 8.46. The van der Waals surface area contributed by atoms with Crippen LogP contribution in [0.2, 0.25) is 0 Å². The molecule has 0 radical (unpaired) electrons. The molecule has 0 amide bonds. The summed E-state index contributed by atoms with van der Waals surface area (Å²) in [4.78, 5) is 0. The summed E-state index contributed by atoms with van der Waals surface area (Å²) in [5.41, 5.74) is 1.75. The van der Waals surface area contributed by atoms with E-state index in [1.54, 1.807) is 23.3 Å². The number of aromatic nitrogens is 4. The first kappa shape index (κ1) is 9.46. The third-order valence-corrected chi connectivity index (χ3v) is 2.28. The molecule has 0 saturated carbocycles. The largest absolute Gasteiger partial charge is 0.273 e. The van der Waals surface area contributed by atoms with Crippen LogP contribution in [0, 0.1) is 11.3 Å². The molecule has 0 fully saturated rings. The fourth-order valence-electron chi connectivity index (χ4n) is 1.42. The highest BCUT2D eigenvalue weighted by Crippen LogP contribution is 2.01. The van der Waals surface area contributed by atoms with E-state index in [-0.39, 0.29) is 0 Å². The van der Waals surface area contributed by atoms with Gasteiger partial charge in [-0.2, -0.15) is 15.5 Å². The van der Waals surface area contributed by atoms with Crippen LogP contribution in [0.3, 0.4) is 0 Å². The van der Waals surface area contributed by atoms with Gasteiger partial charge in [0.1, 0.15) is 6.07 Å². The molecule has 0 aliphatic rings. The molecule has 76 valence electrons. The van der Waals surface area contributed by atoms with Gasteiger partial charge in [0.05, 0.1) is 11.8 Å². The fraction of sp³-hybridized carbons (Fsp3) is 0.300. The molecule has 5 heteroatoms. The van der Waals surface area contributed by atoms with Gasteiger partial charge in [-0.3, -0.25) is 9.36 Å². The zero-order chi connectivity index (χ0) is 10.7. The molecule has 5 nitrogen and oxygen atoms in total. The Hall–Kier alpha value is -2.09. The molecule has 2 aromatic rings. The van der Waals surface area contributed by atoms with E-state index in [1.165, 1.54) is 0 Å². The predicted molar refractivity (Wildman–Crippen MR) is 53.9 cm³/mol. The molecule has 0 unspecified atom stereocenters. The summed E-state index contributed by atoms with van der Waals surface area (Å²) in [6.07, 6.45) is 5.96. The van der Waals surface area contributed by atoms with E-state index in [0.717, 1.165) is 18.7 Å². The zero-order valence-electron chi connectivity index (χ0n) is 8.46. The molecule has 0 bridgehead atoms. The number of rotatable bonds is 3. The highest BCUT2D eigenvalue weighted by atomic mass is 15.3. The molecule has 0 aromatic carbocycles. The topological polar surface area (TPSA) is 59.4 Å². The molecule has 15 heavy (non-hydrogen) atoms. The minimum Gasteiger partial charge on any atom is -0.273 e. The summed E-state index contributed by atoms with van der Waals surface area (Å²) < 4.78 is 3.61. The maximum atomic E-state index is 8.63. The lowest BCUT2D eigenvalue weighted by Gasteiger charge is -2.01. The summed E-state index contributed by atoms with van der Waals surface area (Å²) in [6.45, 7) is 0.765. The lowest BCUT2D eigenvalue weighted by Crippen LogP contribution is -2.05. The Morgan fingerprint density at radius 3 is 2.93 bits per heavy atom. The normalized spacial score (nSPS) is 10.1. The number of hydrogen-bond acceptors (Lipinski definition) is 3. The summed E-state index contributed by atoms with van der Waals surface area (Å²) >= 11 is 0. The van der Waals surface area contributed by atoms with Crippen LogP contribution in [0.15, 0.2) is 24.7 Å². The first-order valence-electron chi connectivity index (χ1n) is 4.69. The first-order chi connectivity index (χ1) is 7.29. The molecule has 2 rings (SSSR count). The summed E-state index contributed by atoms with van der Waals surface area (Å²) in [7, 11) is 1.92. The molecular weight excluding hydrogens is 190 g/mol. The predicted octanol–water partition coefficient (Wildman–Crippen LogP) is 0.731. The van der Waals surface area contributed by atoms with Gasteiger partial charge in [0.15, 0.2) is 0 Å². The van der Waals surface area contributed by atoms with E-state index >= 15 is 0 Å². The third kappa shape index (κ3) is 2.05. The first-order valence-corrected chi connectivity index (χ1v) is 4.69. The van der Waals surface area contributed by atoms with Crippen molar-refractivity contribution < 1.29 is 0 Å². The number of hydrogen-bond donors (Lipinski definition) is 0. The fourth-order valence-corrected chi connectivity index (χ4v) is 1.42. The third-order valence-electron chi connectivity index (χ3n) is 2.28. The van der Waals surface area contributed by atoms with Crippen molar-refractivity contribution in [3.8, 4) is 6.07 Å². The molecule has 0 atom stereocenters. The Bertz CT molecular complexity index is 488. The van der Waals surface area contributed by atoms with Crippen molar-refractivity contribution in [2.75, 3.05) is 0 Å². The summed E-state index contributed by atoms with van der Waals surface area (Å²) in [5.74, 6) is 0. The van der Waals surface area contributed by atoms with Crippen LogP contribution >= 0.6 is 0 Å². The maximum absolute atomic E-state index is 8.63. The molecule has 0 aliphatic carbocycles. The molecule has 2 aromatic heterocycles. The van der Waals surface area contributed by atoms with E-state index in [4.69, 9.17) is 5.26 Å². The number of aryl methyl sites for hydroxylation is 3. The number of nitriles is 1. The van der Waals surface area contributed by atoms with Crippen LogP contribution in [-0.2, 0) is 20.0 Å². The van der Waals surface area contributed by atoms with Crippen molar-refractivity contribution >= 4 is 0 Å². The summed E-state index contributed by atoms with van der Waals surface area (Å²) in [6, 6.07) is 4.03. The van der Waals surface area contributed by atoms with Crippen LogP contribution in [0.5, 0.6) is 0 Å². The van der Waals surface area contributed by atoms with Crippen molar-refractivity contribution in [3.05, 3.63) is 35.9 Å². The van der Waals surface area contributed by atoms with Gasteiger partial charge in [0, 0.05) is 38.1 Å². The molecule has 0 saturated heterocycles. The van der Waals surface area contributed by atoms with Gasteiger partial charge in [-0.15, -0.1) is 0 Å². The van der Waals surface area contributed by atoms with Gasteiger partial charge in [0.2, 0.25) is 0 Å². The van der Waals surface area contributed by atoms with E-state index in [0.29, 0.717) is 5.56 Å². The average Bonchev–Trinajstić information content (AvgIpc) is 2.84. The molecule has 2 heterocycles. The smallest absolute Gasteiger partial charge is 0.102 e. The SMILES string of the molecule is Cn1nccc1CCn1cc(C#N)cn1. The van der Waals surface area contributed by atoms with Gasteiger partial charge in [0.25, 0.3) is 0 Å². The van der Waals surface area contributed by atoms with E-state index < -0.39 is 0 Å². The van der Waals surface area contributed by atoms with Gasteiger partial charge in [-0.25, -0.2) is 0 Å². The maximum Gasteiger partial charge on any atom is 0.102 e. The molecule has 0 aliphatic heterocycles. The lowest BCUT2D eigenvalue weighted by atomic mass is 10.3. The van der Waals surface area contributed by atoms with E-state index in [9.17, 15) is 0 Å². The van der Waals surface area contributed by atoms with Crippen molar-refractivity contribution in [2.24, 2.45) is 7.05 Å². The molecule has 0 N–H and O–H groups in total. The van der Waals surface area contributed by atoms with Gasteiger partial charge in [-0.05, 0) is 6.07 Å². The Morgan fingerprint density at radius 2 is 2.33 bits per heavy atom. The second kappa shape index (κ2) is 3.96. The Labute approximate surface area is 87.6 Å². The van der Waals surface area contributed by atoms with Crippen molar-refractivity contribution in [3.63, 3.8) is 0 Å². The summed E-state index contributed by atoms with van der Waals surface area (Å²) in [5, 5.41) is 16.8. The Morgan fingerprint density at radius 1 is 1.47 bits per heavy atom. The highest BCUT2D eigenvalue weighted by molar-refractivity contribution is 5.21. The molecular formula is C10H11N5. The van der Waals surface area contributed by atoms with Crippen molar-refractivity contribution in [1.29, 1.82) is 5.26 Å². The van der Waals surface area contributed by atoms with Crippen LogP contribution in [0.1, 0.15) is 11.3 Å². The average molecular weight is 201 g/mol. The minimum atomic E-state index is 0.597. The van der Waals surface area contributed by atoms with Crippen LogP contribution < -0.4 is 0 Å². The second-order valence-electron chi connectivity index (χ2n) is 3.30. The van der Waals surface area contributed by atoms with Gasteiger partial charge < -0.3 is 0 Å². The van der Waals surface area contributed by atoms with E-state index in [1.807, 2.05) is 17.8 Å². The standard InChI is InChI=1S/C10H11N5/c1-14-10(2-4-12-14)3-5-15-8-9(6-11)7-13-15/h2,4,7-8H,3,5H2,1H3. The van der Waals surface area contributed by atoms with Crippen LogP contribution in [0.4, 0.5) is 0 Å². The van der Waals surface area contributed by atoms with Crippen LogP contribution in [0.25, 0.3) is 0 Å². The van der Waals surface area contributed by atoms with E-state index in [2.05, 4.69) is 16.3 Å². The second-order valence-corrected chi connectivity index (χ2v) is 3.30. The quantitative estimate of drug-likeness (QED) is 0.735.